The van der Waals surface area contributed by atoms with Gasteiger partial charge in [-0.15, -0.1) is 0 Å². The molecular formula is C14H28N2OS. The van der Waals surface area contributed by atoms with E-state index in [1.807, 2.05) is 11.8 Å². The lowest BCUT2D eigenvalue weighted by Gasteiger charge is -2.23. The van der Waals surface area contributed by atoms with Crippen LogP contribution in [0.5, 0.6) is 0 Å². The second kappa shape index (κ2) is 8.05. The van der Waals surface area contributed by atoms with Crippen LogP contribution in [-0.4, -0.2) is 41.6 Å². The summed E-state index contributed by atoms with van der Waals surface area (Å²) in [5, 5.41) is 3.52. The van der Waals surface area contributed by atoms with Crippen LogP contribution >= 0.6 is 11.8 Å². The maximum Gasteiger partial charge on any atom is 0.241 e. The van der Waals surface area contributed by atoms with Crippen LogP contribution in [0.1, 0.15) is 46.5 Å². The Morgan fingerprint density at radius 3 is 2.72 bits per heavy atom. The third-order valence-corrected chi connectivity index (χ3v) is 4.06. The van der Waals surface area contributed by atoms with Crippen molar-refractivity contribution < 1.29 is 4.79 Å². The first-order valence-electron chi connectivity index (χ1n) is 7.15. The molecular weight excluding hydrogens is 244 g/mol. The summed E-state index contributed by atoms with van der Waals surface area (Å²) in [5.74, 6) is 2.03. The summed E-state index contributed by atoms with van der Waals surface area (Å²) in [5.41, 5.74) is 0. The lowest BCUT2D eigenvalue weighted by Crippen LogP contribution is -2.38. The standard InChI is InChI=1S/C14H28N2OS/c1-5-7-13-15-12(10-11(2)3)14(17)16(13)8-6-9-18-4/h11-13,15H,5-10H2,1-4H3. The quantitative estimate of drug-likeness (QED) is 0.690. The molecule has 0 bridgehead atoms. The lowest BCUT2D eigenvalue weighted by atomic mass is 10.0. The van der Waals surface area contributed by atoms with Gasteiger partial charge in [0.25, 0.3) is 0 Å². The SMILES string of the molecule is CCCC1NC(CC(C)C)C(=O)N1CCCSC. The number of thioether (sulfide) groups is 1. The lowest BCUT2D eigenvalue weighted by molar-refractivity contribution is -0.130. The fraction of sp³-hybridized carbons (Fsp3) is 0.929. The number of carbonyl (C=O) groups is 1. The van der Waals surface area contributed by atoms with E-state index in [4.69, 9.17) is 0 Å². The Morgan fingerprint density at radius 2 is 2.17 bits per heavy atom. The van der Waals surface area contributed by atoms with Gasteiger partial charge in [0.1, 0.15) is 0 Å². The molecule has 1 heterocycles. The number of hydrogen-bond acceptors (Lipinski definition) is 3. The molecule has 3 nitrogen and oxygen atoms in total. The summed E-state index contributed by atoms with van der Waals surface area (Å²) in [6, 6.07) is 0.0517. The molecule has 0 aliphatic carbocycles. The van der Waals surface area contributed by atoms with E-state index in [1.54, 1.807) is 0 Å². The van der Waals surface area contributed by atoms with Gasteiger partial charge in [-0.05, 0) is 37.2 Å². The molecule has 1 aliphatic heterocycles. The van der Waals surface area contributed by atoms with Gasteiger partial charge in [0.05, 0.1) is 12.2 Å². The van der Waals surface area contributed by atoms with Crippen molar-refractivity contribution in [2.45, 2.75) is 58.7 Å². The molecule has 0 aromatic heterocycles. The number of amides is 1. The number of carbonyl (C=O) groups excluding carboxylic acids is 1. The van der Waals surface area contributed by atoms with Crippen LogP contribution in [0, 0.1) is 5.92 Å². The van der Waals surface area contributed by atoms with Gasteiger partial charge in [-0.1, -0.05) is 27.2 Å². The Balaban J connectivity index is 2.56. The molecule has 1 N–H and O–H groups in total. The van der Waals surface area contributed by atoms with Crippen LogP contribution in [0.3, 0.4) is 0 Å². The van der Waals surface area contributed by atoms with Crippen molar-refractivity contribution in [3.05, 3.63) is 0 Å². The van der Waals surface area contributed by atoms with Gasteiger partial charge < -0.3 is 4.90 Å². The number of nitrogens with zero attached hydrogens (tertiary/aromatic N) is 1. The number of rotatable bonds is 8. The molecule has 1 rings (SSSR count). The largest absolute Gasteiger partial charge is 0.326 e. The molecule has 0 aromatic rings. The zero-order valence-electron chi connectivity index (χ0n) is 12.2. The van der Waals surface area contributed by atoms with E-state index in [-0.39, 0.29) is 12.2 Å². The van der Waals surface area contributed by atoms with Gasteiger partial charge in [-0.25, -0.2) is 0 Å². The average Bonchev–Trinajstić information content (AvgIpc) is 2.58. The van der Waals surface area contributed by atoms with Crippen molar-refractivity contribution in [3.8, 4) is 0 Å². The second-order valence-electron chi connectivity index (χ2n) is 5.53. The van der Waals surface area contributed by atoms with Crippen molar-refractivity contribution in [2.24, 2.45) is 5.92 Å². The highest BCUT2D eigenvalue weighted by molar-refractivity contribution is 7.98. The van der Waals surface area contributed by atoms with E-state index in [0.29, 0.717) is 11.8 Å². The summed E-state index contributed by atoms with van der Waals surface area (Å²) < 4.78 is 0. The molecule has 18 heavy (non-hydrogen) atoms. The van der Waals surface area contributed by atoms with Crippen LogP contribution < -0.4 is 5.32 Å². The van der Waals surface area contributed by atoms with Gasteiger partial charge in [0, 0.05) is 6.54 Å². The number of hydrogen-bond donors (Lipinski definition) is 1. The average molecular weight is 272 g/mol. The van der Waals surface area contributed by atoms with Crippen LogP contribution in [0.4, 0.5) is 0 Å². The summed E-state index contributed by atoms with van der Waals surface area (Å²) in [6.45, 7) is 7.45. The predicted octanol–water partition coefficient (Wildman–Crippen LogP) is 2.71. The van der Waals surface area contributed by atoms with Crippen LogP contribution in [0.2, 0.25) is 0 Å². The summed E-state index contributed by atoms with van der Waals surface area (Å²) in [7, 11) is 0. The highest BCUT2D eigenvalue weighted by Gasteiger charge is 2.37. The van der Waals surface area contributed by atoms with Crippen molar-refractivity contribution in [1.82, 2.24) is 10.2 Å². The highest BCUT2D eigenvalue weighted by atomic mass is 32.2. The number of nitrogens with one attached hydrogen (secondary N) is 1. The molecule has 1 amide bonds. The van der Waals surface area contributed by atoms with E-state index in [2.05, 4.69) is 37.2 Å². The van der Waals surface area contributed by atoms with Gasteiger partial charge in [-0.3, -0.25) is 10.1 Å². The Hall–Kier alpha value is -0.220. The summed E-state index contributed by atoms with van der Waals surface area (Å²) in [4.78, 5) is 14.5. The molecule has 0 radical (unpaired) electrons. The van der Waals surface area contributed by atoms with Crippen LogP contribution in [0.25, 0.3) is 0 Å². The third kappa shape index (κ3) is 4.47. The van der Waals surface area contributed by atoms with E-state index >= 15 is 0 Å². The zero-order valence-corrected chi connectivity index (χ0v) is 13.1. The molecule has 1 aliphatic rings. The highest BCUT2D eigenvalue weighted by Crippen LogP contribution is 2.20. The van der Waals surface area contributed by atoms with Gasteiger partial charge in [0.2, 0.25) is 5.91 Å². The van der Waals surface area contributed by atoms with E-state index in [9.17, 15) is 4.79 Å². The molecule has 2 unspecified atom stereocenters. The summed E-state index contributed by atoms with van der Waals surface area (Å²) in [6.07, 6.45) is 6.64. The monoisotopic (exact) mass is 272 g/mol. The Morgan fingerprint density at radius 1 is 1.44 bits per heavy atom. The Bertz CT molecular complexity index is 258. The van der Waals surface area contributed by atoms with E-state index in [1.165, 1.54) is 0 Å². The maximum absolute atomic E-state index is 12.4. The molecule has 2 atom stereocenters. The summed E-state index contributed by atoms with van der Waals surface area (Å²) >= 11 is 1.85. The molecule has 4 heteroatoms. The van der Waals surface area contributed by atoms with Crippen molar-refractivity contribution in [1.29, 1.82) is 0 Å². The van der Waals surface area contributed by atoms with Crippen LogP contribution in [0.15, 0.2) is 0 Å². The van der Waals surface area contributed by atoms with Crippen molar-refractivity contribution >= 4 is 17.7 Å². The zero-order chi connectivity index (χ0) is 13.5. The van der Waals surface area contributed by atoms with Crippen LogP contribution in [-0.2, 0) is 4.79 Å². The van der Waals surface area contributed by atoms with Gasteiger partial charge in [-0.2, -0.15) is 11.8 Å². The van der Waals surface area contributed by atoms with E-state index in [0.717, 1.165) is 38.0 Å². The first-order valence-corrected chi connectivity index (χ1v) is 8.55. The van der Waals surface area contributed by atoms with Gasteiger partial charge in [0.15, 0.2) is 0 Å². The maximum atomic E-state index is 12.4. The molecule has 106 valence electrons. The topological polar surface area (TPSA) is 32.3 Å². The normalized spacial score (nSPS) is 24.3. The molecule has 1 saturated heterocycles. The molecule has 0 saturated carbocycles. The van der Waals surface area contributed by atoms with Gasteiger partial charge >= 0.3 is 0 Å². The third-order valence-electron chi connectivity index (χ3n) is 3.37. The van der Waals surface area contributed by atoms with E-state index < -0.39 is 0 Å². The second-order valence-corrected chi connectivity index (χ2v) is 6.52. The fourth-order valence-corrected chi connectivity index (χ4v) is 2.96. The fourth-order valence-electron chi connectivity index (χ4n) is 2.55. The van der Waals surface area contributed by atoms with Crippen molar-refractivity contribution in [2.75, 3.05) is 18.6 Å². The molecule has 1 fully saturated rings. The molecule has 0 spiro atoms. The smallest absolute Gasteiger partial charge is 0.241 e. The first-order chi connectivity index (χ1) is 8.60. The predicted molar refractivity (Wildman–Crippen MR) is 79.8 cm³/mol. The van der Waals surface area contributed by atoms with Crippen molar-refractivity contribution in [3.63, 3.8) is 0 Å². The minimum atomic E-state index is 0.0517. The minimum Gasteiger partial charge on any atom is -0.326 e. The minimum absolute atomic E-state index is 0.0517. The first kappa shape index (κ1) is 15.8. The Labute approximate surface area is 116 Å². The Kier molecular flexibility index (Phi) is 7.08. The molecule has 0 aromatic carbocycles.